The smallest absolute Gasteiger partial charge is 0.258 e. The van der Waals surface area contributed by atoms with Gasteiger partial charge in [0.25, 0.3) is 5.69 Å². The molecule has 2 aromatic carbocycles. The second-order valence-electron chi connectivity index (χ2n) is 4.72. The molecule has 0 heterocycles. The molecule has 0 atom stereocenters. The van der Waals surface area contributed by atoms with Crippen molar-refractivity contribution in [3.8, 4) is 0 Å². The maximum absolute atomic E-state index is 14.3. The number of non-ortho nitro benzene ring substituents is 1. The standard InChI is InChI=1S/C14H10ClF4NO2S/c15-14(11-4-2-1-3-5-11)10-23(16,17,18,19)13-8-6-12(7-9-13)20(21)22/h1-10H/b14-10-. The highest BCUT2D eigenvalue weighted by atomic mass is 35.5. The van der Waals surface area contributed by atoms with Gasteiger partial charge in [0.2, 0.25) is 9.84 Å². The first-order valence-corrected chi connectivity index (χ1v) is 8.60. The van der Waals surface area contributed by atoms with Crippen LogP contribution in [0.1, 0.15) is 5.56 Å². The third kappa shape index (κ3) is 3.83. The maximum atomic E-state index is 14.3. The number of hydrogen-bond donors (Lipinski definition) is 0. The molecule has 0 fully saturated rings. The van der Waals surface area contributed by atoms with Crippen LogP contribution in [0.5, 0.6) is 0 Å². The van der Waals surface area contributed by atoms with E-state index in [0.29, 0.717) is 24.3 Å². The Morgan fingerprint density at radius 1 is 1.00 bits per heavy atom. The van der Waals surface area contributed by atoms with Gasteiger partial charge in [0, 0.05) is 12.1 Å². The van der Waals surface area contributed by atoms with E-state index in [0.717, 1.165) is 0 Å². The van der Waals surface area contributed by atoms with Crippen LogP contribution in [-0.4, -0.2) is 4.92 Å². The highest BCUT2D eigenvalue weighted by Crippen LogP contribution is 3.02. The van der Waals surface area contributed by atoms with E-state index in [1.807, 2.05) is 0 Å². The molecule has 0 aliphatic carbocycles. The summed E-state index contributed by atoms with van der Waals surface area (Å²) >= 11 is 5.62. The molecule has 0 radical (unpaired) electrons. The van der Waals surface area contributed by atoms with Crippen LogP contribution in [0.15, 0.2) is 64.9 Å². The Bertz CT molecular complexity index is 788. The van der Waals surface area contributed by atoms with E-state index in [2.05, 4.69) is 0 Å². The molecule has 3 nitrogen and oxygen atoms in total. The summed E-state index contributed by atoms with van der Waals surface area (Å²) in [5.41, 5.74) is -0.563. The second-order valence-corrected chi connectivity index (χ2v) is 8.10. The van der Waals surface area contributed by atoms with Gasteiger partial charge >= 0.3 is 0 Å². The van der Waals surface area contributed by atoms with Crippen molar-refractivity contribution in [3.05, 3.63) is 75.7 Å². The summed E-state index contributed by atoms with van der Waals surface area (Å²) in [5.74, 6) is 0. The Labute approximate surface area is 133 Å². The molecular formula is C14H10ClF4NO2S. The molecule has 0 N–H and O–H groups in total. The maximum Gasteiger partial charge on any atom is 0.269 e. The number of nitro groups is 1. The zero-order valence-electron chi connectivity index (χ0n) is 11.3. The summed E-state index contributed by atoms with van der Waals surface area (Å²) < 4.78 is 57.0. The van der Waals surface area contributed by atoms with Gasteiger partial charge in [0.05, 0.1) is 20.3 Å². The molecule has 0 saturated carbocycles. The van der Waals surface area contributed by atoms with Crippen molar-refractivity contribution in [1.82, 2.24) is 0 Å². The average Bonchev–Trinajstić information content (AvgIpc) is 2.46. The molecule has 0 spiro atoms. The molecule has 0 bridgehead atoms. The van der Waals surface area contributed by atoms with Crippen LogP contribution in [-0.2, 0) is 0 Å². The summed E-state index contributed by atoms with van der Waals surface area (Å²) in [6, 6.07) is 8.99. The molecular weight excluding hydrogens is 358 g/mol. The minimum absolute atomic E-state index is 0.00618. The lowest BCUT2D eigenvalue weighted by atomic mass is 10.2. The minimum atomic E-state index is -8.83. The SMILES string of the molecule is O=[N+]([O-])c1ccc(S(F)(F)(F)(F)/C=C(\Cl)c2ccccc2)cc1. The average molecular weight is 368 g/mol. The van der Waals surface area contributed by atoms with Gasteiger partial charge in [-0.3, -0.25) is 10.1 Å². The molecule has 23 heavy (non-hydrogen) atoms. The van der Waals surface area contributed by atoms with E-state index in [-0.39, 0.29) is 5.56 Å². The normalized spacial score (nSPS) is 15.6. The Kier molecular flexibility index (Phi) is 3.74. The van der Waals surface area contributed by atoms with Gasteiger partial charge in [-0.2, -0.15) is 0 Å². The molecule has 124 valence electrons. The van der Waals surface area contributed by atoms with Crippen molar-refractivity contribution in [3.63, 3.8) is 0 Å². The van der Waals surface area contributed by atoms with Crippen LogP contribution in [0.4, 0.5) is 21.2 Å². The van der Waals surface area contributed by atoms with E-state index in [1.165, 1.54) is 24.3 Å². The summed E-state index contributed by atoms with van der Waals surface area (Å²) in [7, 11) is -8.83. The molecule has 0 aliphatic rings. The Balaban J connectivity index is 2.56. The van der Waals surface area contributed by atoms with E-state index >= 15 is 0 Å². The summed E-state index contributed by atoms with van der Waals surface area (Å²) in [4.78, 5) is 8.01. The third-order valence-electron chi connectivity index (χ3n) is 2.93. The van der Waals surface area contributed by atoms with Gasteiger partial charge in [-0.25, -0.2) is 0 Å². The highest BCUT2D eigenvalue weighted by Gasteiger charge is 2.63. The molecule has 2 rings (SSSR count). The Morgan fingerprint density at radius 2 is 1.52 bits per heavy atom. The van der Waals surface area contributed by atoms with Crippen LogP contribution in [0.3, 0.4) is 0 Å². The minimum Gasteiger partial charge on any atom is -0.258 e. The first-order chi connectivity index (χ1) is 10.4. The summed E-state index contributed by atoms with van der Waals surface area (Å²) in [6.07, 6.45) is 0. The topological polar surface area (TPSA) is 43.1 Å². The number of benzene rings is 2. The van der Waals surface area contributed by atoms with Crippen LogP contribution in [0.25, 0.3) is 5.03 Å². The van der Waals surface area contributed by atoms with Crippen LogP contribution in [0.2, 0.25) is 0 Å². The van der Waals surface area contributed by atoms with Crippen molar-refractivity contribution < 1.29 is 20.5 Å². The number of nitro benzene ring substituents is 1. The second kappa shape index (κ2) is 4.97. The fraction of sp³-hybridized carbons (Fsp3) is 0. The lowest BCUT2D eigenvalue weighted by Crippen LogP contribution is -2.10. The summed E-state index contributed by atoms with van der Waals surface area (Å²) in [5, 5.41) is 9.14. The van der Waals surface area contributed by atoms with E-state index in [4.69, 9.17) is 11.6 Å². The molecule has 0 saturated heterocycles. The summed E-state index contributed by atoms with van der Waals surface area (Å²) in [6.45, 7) is 0. The number of rotatable bonds is 4. The molecule has 2 aromatic rings. The molecule has 0 amide bonds. The molecule has 9 heteroatoms. The number of hydrogen-bond acceptors (Lipinski definition) is 2. The van der Waals surface area contributed by atoms with E-state index in [1.54, 1.807) is 6.07 Å². The van der Waals surface area contributed by atoms with Gasteiger partial charge in [-0.05, 0) is 17.7 Å². The van der Waals surface area contributed by atoms with E-state index < -0.39 is 35.8 Å². The van der Waals surface area contributed by atoms with Gasteiger partial charge in [-0.15, -0.1) is 15.5 Å². The molecule has 0 aliphatic heterocycles. The van der Waals surface area contributed by atoms with Gasteiger partial charge < -0.3 is 0 Å². The quantitative estimate of drug-likeness (QED) is 0.347. The number of halogens is 5. The Morgan fingerprint density at radius 3 is 2.00 bits per heavy atom. The fourth-order valence-electron chi connectivity index (χ4n) is 1.79. The highest BCUT2D eigenvalue weighted by molar-refractivity contribution is 8.52. The first-order valence-electron chi connectivity index (χ1n) is 6.11. The van der Waals surface area contributed by atoms with Crippen molar-refractivity contribution >= 4 is 32.2 Å². The van der Waals surface area contributed by atoms with Gasteiger partial charge in [0.1, 0.15) is 0 Å². The zero-order chi connectivity index (χ0) is 17.4. The predicted molar refractivity (Wildman–Crippen MR) is 83.7 cm³/mol. The lowest BCUT2D eigenvalue weighted by Gasteiger charge is -2.47. The largest absolute Gasteiger partial charge is 0.269 e. The predicted octanol–water partition coefficient (Wildman–Crippen LogP) is 6.61. The van der Waals surface area contributed by atoms with Gasteiger partial charge in [-0.1, -0.05) is 41.9 Å². The van der Waals surface area contributed by atoms with Crippen LogP contribution >= 0.6 is 21.4 Å². The van der Waals surface area contributed by atoms with Crippen molar-refractivity contribution in [2.75, 3.05) is 0 Å². The lowest BCUT2D eigenvalue weighted by molar-refractivity contribution is -0.384. The van der Waals surface area contributed by atoms with Crippen molar-refractivity contribution in [2.24, 2.45) is 0 Å². The molecule has 0 aromatic heterocycles. The zero-order valence-corrected chi connectivity index (χ0v) is 12.9. The monoisotopic (exact) mass is 367 g/mol. The third-order valence-corrected chi connectivity index (χ3v) is 5.35. The number of nitrogens with zero attached hydrogens (tertiary/aromatic N) is 1. The van der Waals surface area contributed by atoms with Crippen molar-refractivity contribution in [2.45, 2.75) is 4.90 Å². The van der Waals surface area contributed by atoms with Crippen LogP contribution in [0, 0.1) is 10.1 Å². The van der Waals surface area contributed by atoms with Crippen LogP contribution < -0.4 is 0 Å². The molecule has 0 unspecified atom stereocenters. The first kappa shape index (κ1) is 17.3. The van der Waals surface area contributed by atoms with E-state index in [9.17, 15) is 25.7 Å². The fourth-order valence-corrected chi connectivity index (χ4v) is 3.85. The Hall–Kier alpha value is -2.06. The van der Waals surface area contributed by atoms with Crippen molar-refractivity contribution in [1.29, 1.82) is 0 Å². The van der Waals surface area contributed by atoms with Gasteiger partial charge in [0.15, 0.2) is 0 Å².